The highest BCUT2D eigenvalue weighted by Gasteiger charge is 1.98. The molecule has 54 valence electrons. The minimum absolute atomic E-state index is 0.360. The fourth-order valence-corrected chi connectivity index (χ4v) is 0.443. The molecule has 0 saturated heterocycles. The molecule has 0 aromatic carbocycles. The highest BCUT2D eigenvalue weighted by molar-refractivity contribution is 9.09. The summed E-state index contributed by atoms with van der Waals surface area (Å²) in [5.74, 6) is 0. The molecule has 0 aromatic rings. The maximum Gasteiger partial charge on any atom is 0.508 e. The average molecular weight is 197 g/mol. The Bertz CT molecular complexity index is 84.3. The van der Waals surface area contributed by atoms with Crippen LogP contribution >= 0.6 is 15.9 Å². The molecule has 0 radical (unpaired) electrons. The number of rotatable bonds is 3. The number of carbonyl (C=O) groups excluding carboxylic acids is 1. The minimum atomic E-state index is -0.600. The summed E-state index contributed by atoms with van der Waals surface area (Å²) in [5.41, 5.74) is 0. The largest absolute Gasteiger partial charge is 0.508 e. The van der Waals surface area contributed by atoms with E-state index in [0.717, 1.165) is 0 Å². The summed E-state index contributed by atoms with van der Waals surface area (Å²) >= 11 is 3.10. The number of hydrogen-bond donors (Lipinski definition) is 0. The summed E-state index contributed by atoms with van der Waals surface area (Å²) in [6.45, 7) is 2.45. The van der Waals surface area contributed by atoms with E-state index in [2.05, 4.69) is 25.4 Å². The third kappa shape index (κ3) is 5.62. The van der Waals surface area contributed by atoms with Gasteiger partial charge in [0.05, 0.1) is 6.61 Å². The lowest BCUT2D eigenvalue weighted by Crippen LogP contribution is -2.08. The van der Waals surface area contributed by atoms with Gasteiger partial charge >= 0.3 is 6.16 Å². The van der Waals surface area contributed by atoms with Crippen molar-refractivity contribution in [1.82, 2.24) is 0 Å². The highest BCUT2D eigenvalue weighted by atomic mass is 79.9. The van der Waals surface area contributed by atoms with Crippen molar-refractivity contribution in [3.05, 3.63) is 0 Å². The van der Waals surface area contributed by atoms with Crippen LogP contribution in [0, 0.1) is 0 Å². The van der Waals surface area contributed by atoms with Crippen LogP contribution in [0.3, 0.4) is 0 Å². The molecule has 0 unspecified atom stereocenters. The van der Waals surface area contributed by atoms with Crippen molar-refractivity contribution in [3.63, 3.8) is 0 Å². The summed E-state index contributed by atoms with van der Waals surface area (Å²) in [4.78, 5) is 10.3. The summed E-state index contributed by atoms with van der Waals surface area (Å²) in [5, 5.41) is 0.645. The fraction of sp³-hybridized carbons (Fsp3) is 0.800. The SMILES string of the molecule is CCOC(=O)OCCBr. The van der Waals surface area contributed by atoms with Crippen LogP contribution in [-0.2, 0) is 9.47 Å². The topological polar surface area (TPSA) is 35.5 Å². The molecule has 0 N–H and O–H groups in total. The van der Waals surface area contributed by atoms with E-state index >= 15 is 0 Å². The van der Waals surface area contributed by atoms with Gasteiger partial charge in [-0.3, -0.25) is 0 Å². The van der Waals surface area contributed by atoms with Gasteiger partial charge in [-0.05, 0) is 6.92 Å². The maximum absolute atomic E-state index is 10.3. The molecule has 0 amide bonds. The van der Waals surface area contributed by atoms with E-state index in [1.807, 2.05) is 0 Å². The molecule has 0 atom stereocenters. The fourth-order valence-electron chi connectivity index (χ4n) is 0.281. The predicted molar refractivity (Wildman–Crippen MR) is 36.8 cm³/mol. The van der Waals surface area contributed by atoms with Crippen LogP contribution in [-0.4, -0.2) is 24.7 Å². The van der Waals surface area contributed by atoms with Crippen LogP contribution in [0.4, 0.5) is 4.79 Å². The molecule has 0 aromatic heterocycles. The Kier molecular flexibility index (Phi) is 5.72. The van der Waals surface area contributed by atoms with Crippen LogP contribution in [0.5, 0.6) is 0 Å². The Morgan fingerprint density at radius 2 is 2.22 bits per heavy atom. The number of halogens is 1. The van der Waals surface area contributed by atoms with Crippen molar-refractivity contribution in [2.45, 2.75) is 6.92 Å². The number of carbonyl (C=O) groups is 1. The Hall–Kier alpha value is -0.250. The molecule has 0 bridgehead atoms. The smallest absolute Gasteiger partial charge is 0.435 e. The van der Waals surface area contributed by atoms with E-state index in [1.165, 1.54) is 0 Å². The zero-order valence-corrected chi connectivity index (χ0v) is 6.81. The lowest BCUT2D eigenvalue weighted by molar-refractivity contribution is 0.0639. The molecule has 4 heteroatoms. The van der Waals surface area contributed by atoms with Crippen LogP contribution in [0.2, 0.25) is 0 Å². The van der Waals surface area contributed by atoms with Crippen LogP contribution < -0.4 is 0 Å². The summed E-state index contributed by atoms with van der Waals surface area (Å²) in [7, 11) is 0. The second kappa shape index (κ2) is 5.88. The third-order valence-electron chi connectivity index (χ3n) is 0.559. The van der Waals surface area contributed by atoms with Gasteiger partial charge in [-0.2, -0.15) is 0 Å². The molecule has 0 heterocycles. The zero-order valence-electron chi connectivity index (χ0n) is 5.22. The quantitative estimate of drug-likeness (QED) is 0.508. The first-order valence-corrected chi connectivity index (χ1v) is 3.79. The van der Waals surface area contributed by atoms with Crippen molar-refractivity contribution in [2.75, 3.05) is 18.5 Å². The lowest BCUT2D eigenvalue weighted by Gasteiger charge is -2.00. The van der Waals surface area contributed by atoms with Gasteiger partial charge in [-0.15, -0.1) is 0 Å². The van der Waals surface area contributed by atoms with E-state index in [4.69, 9.17) is 0 Å². The van der Waals surface area contributed by atoms with Crippen molar-refractivity contribution in [2.24, 2.45) is 0 Å². The molecule has 0 fully saturated rings. The van der Waals surface area contributed by atoms with Gasteiger partial charge in [0.2, 0.25) is 0 Å². The molecule has 0 saturated carbocycles. The van der Waals surface area contributed by atoms with Gasteiger partial charge in [-0.25, -0.2) is 4.79 Å². The Labute approximate surface area is 62.5 Å². The summed E-state index contributed by atoms with van der Waals surface area (Å²) < 4.78 is 8.99. The number of hydrogen-bond acceptors (Lipinski definition) is 3. The van der Waals surface area contributed by atoms with Crippen LogP contribution in [0.1, 0.15) is 6.92 Å². The first-order chi connectivity index (χ1) is 4.31. The second-order valence-corrected chi connectivity index (χ2v) is 2.01. The van der Waals surface area contributed by atoms with Crippen LogP contribution in [0.25, 0.3) is 0 Å². The predicted octanol–water partition coefficient (Wildman–Crippen LogP) is 1.55. The van der Waals surface area contributed by atoms with E-state index in [-0.39, 0.29) is 0 Å². The second-order valence-electron chi connectivity index (χ2n) is 1.22. The summed E-state index contributed by atoms with van der Waals surface area (Å²) in [6.07, 6.45) is -0.600. The molecule has 0 aliphatic heterocycles. The molecular formula is C5H9BrO3. The monoisotopic (exact) mass is 196 g/mol. The van der Waals surface area contributed by atoms with Gasteiger partial charge in [0.15, 0.2) is 0 Å². The molecule has 0 spiro atoms. The highest BCUT2D eigenvalue weighted by Crippen LogP contribution is 1.86. The van der Waals surface area contributed by atoms with Crippen molar-refractivity contribution >= 4 is 22.1 Å². The van der Waals surface area contributed by atoms with Crippen molar-refractivity contribution in [3.8, 4) is 0 Å². The molecule has 9 heavy (non-hydrogen) atoms. The Morgan fingerprint density at radius 1 is 1.56 bits per heavy atom. The zero-order chi connectivity index (χ0) is 7.11. The average Bonchev–Trinajstić information content (AvgIpc) is 1.85. The van der Waals surface area contributed by atoms with Gasteiger partial charge in [-0.1, -0.05) is 15.9 Å². The Balaban J connectivity index is 3.06. The van der Waals surface area contributed by atoms with E-state index in [9.17, 15) is 4.79 Å². The first-order valence-electron chi connectivity index (χ1n) is 2.66. The molecule has 0 rings (SSSR count). The van der Waals surface area contributed by atoms with E-state index in [0.29, 0.717) is 18.5 Å². The maximum atomic E-state index is 10.3. The molecule has 0 aliphatic carbocycles. The van der Waals surface area contributed by atoms with E-state index in [1.54, 1.807) is 6.92 Å². The Morgan fingerprint density at radius 3 is 2.67 bits per heavy atom. The normalized spacial score (nSPS) is 8.67. The first kappa shape index (κ1) is 8.75. The molecule has 0 aliphatic rings. The van der Waals surface area contributed by atoms with Gasteiger partial charge in [0.1, 0.15) is 6.61 Å². The number of ether oxygens (including phenoxy) is 2. The van der Waals surface area contributed by atoms with Crippen LogP contribution in [0.15, 0.2) is 0 Å². The molecular weight excluding hydrogens is 188 g/mol. The summed E-state index contributed by atoms with van der Waals surface area (Å²) in [6, 6.07) is 0. The molecule has 3 nitrogen and oxygen atoms in total. The van der Waals surface area contributed by atoms with Gasteiger partial charge < -0.3 is 9.47 Å². The third-order valence-corrected chi connectivity index (χ3v) is 0.883. The number of alkyl halides is 1. The van der Waals surface area contributed by atoms with Gasteiger partial charge in [0.25, 0.3) is 0 Å². The van der Waals surface area contributed by atoms with E-state index < -0.39 is 6.16 Å². The minimum Gasteiger partial charge on any atom is -0.435 e. The van der Waals surface area contributed by atoms with Crippen molar-refractivity contribution < 1.29 is 14.3 Å². The lowest BCUT2D eigenvalue weighted by atomic mass is 10.8. The van der Waals surface area contributed by atoms with Gasteiger partial charge in [0, 0.05) is 5.33 Å². The standard InChI is InChI=1S/C5H9BrO3/c1-2-8-5(7)9-4-3-6/h2-4H2,1H3. The van der Waals surface area contributed by atoms with Crippen molar-refractivity contribution in [1.29, 1.82) is 0 Å².